The molecule has 120 valence electrons. The molecule has 0 aliphatic heterocycles. The minimum atomic E-state index is -0.0288. The van der Waals surface area contributed by atoms with Crippen molar-refractivity contribution in [2.75, 3.05) is 6.54 Å². The molecule has 1 heterocycles. The molecule has 1 aliphatic rings. The van der Waals surface area contributed by atoms with Crippen LogP contribution in [-0.2, 0) is 6.42 Å². The normalized spacial score (nSPS) is 21.9. The molecular weight excluding hydrogens is 306 g/mol. The summed E-state index contributed by atoms with van der Waals surface area (Å²) >= 11 is 1.52. The fourth-order valence-electron chi connectivity index (χ4n) is 2.88. The Balaban J connectivity index is 0.00000220. The number of hydrogen-bond acceptors (Lipinski definition) is 4. The maximum atomic E-state index is 12.2. The number of hydrogen-bond donors (Lipinski definition) is 2. The number of halogens is 1. The highest BCUT2D eigenvalue weighted by atomic mass is 35.5. The molecule has 0 radical (unpaired) electrons. The topological polar surface area (TPSA) is 68.0 Å². The molecule has 0 aromatic carbocycles. The molecule has 4 nitrogen and oxygen atoms in total. The van der Waals surface area contributed by atoms with E-state index in [2.05, 4.69) is 24.1 Å². The van der Waals surface area contributed by atoms with Crippen molar-refractivity contribution in [3.63, 3.8) is 0 Å². The Bertz CT molecular complexity index is 450. The van der Waals surface area contributed by atoms with Gasteiger partial charge in [0.15, 0.2) is 0 Å². The Labute approximate surface area is 137 Å². The van der Waals surface area contributed by atoms with Crippen molar-refractivity contribution in [2.45, 2.75) is 52.0 Å². The molecule has 3 N–H and O–H groups in total. The van der Waals surface area contributed by atoms with Crippen LogP contribution < -0.4 is 11.1 Å². The average molecular weight is 332 g/mol. The second kappa shape index (κ2) is 8.71. The van der Waals surface area contributed by atoms with Gasteiger partial charge in [0, 0.05) is 17.8 Å². The lowest BCUT2D eigenvalue weighted by Gasteiger charge is -2.31. The highest BCUT2D eigenvalue weighted by Gasteiger charge is 2.25. The minimum Gasteiger partial charge on any atom is -0.348 e. The molecule has 2 atom stereocenters. The zero-order valence-corrected chi connectivity index (χ0v) is 14.4. The number of thiazole rings is 1. The van der Waals surface area contributed by atoms with Gasteiger partial charge in [0.2, 0.25) is 0 Å². The number of nitrogens with zero attached hydrogens (tertiary/aromatic N) is 1. The quantitative estimate of drug-likeness (QED) is 0.871. The highest BCUT2D eigenvalue weighted by Crippen LogP contribution is 2.30. The fraction of sp³-hybridized carbons (Fsp3) is 0.733. The molecule has 0 spiro atoms. The second-order valence-corrected chi connectivity index (χ2v) is 6.95. The van der Waals surface area contributed by atoms with E-state index in [0.29, 0.717) is 24.2 Å². The Morgan fingerprint density at radius 3 is 2.95 bits per heavy atom. The molecule has 1 aliphatic carbocycles. The number of carbonyl (C=O) groups excluding carboxylic acids is 1. The van der Waals surface area contributed by atoms with E-state index in [0.717, 1.165) is 30.2 Å². The summed E-state index contributed by atoms with van der Waals surface area (Å²) in [6.07, 6.45) is 5.44. The monoisotopic (exact) mass is 331 g/mol. The Morgan fingerprint density at radius 1 is 1.52 bits per heavy atom. The van der Waals surface area contributed by atoms with E-state index >= 15 is 0 Å². The number of aromatic nitrogens is 1. The summed E-state index contributed by atoms with van der Waals surface area (Å²) < 4.78 is 0. The van der Waals surface area contributed by atoms with Crippen molar-refractivity contribution < 1.29 is 4.79 Å². The fourth-order valence-corrected chi connectivity index (χ4v) is 3.67. The average Bonchev–Trinajstić information content (AvgIpc) is 2.88. The smallest absolute Gasteiger partial charge is 0.270 e. The molecule has 0 bridgehead atoms. The molecule has 21 heavy (non-hydrogen) atoms. The van der Waals surface area contributed by atoms with E-state index in [9.17, 15) is 4.79 Å². The number of nitrogens with two attached hydrogens (primary N) is 1. The van der Waals surface area contributed by atoms with Crippen molar-refractivity contribution in [1.29, 1.82) is 0 Å². The Hall–Kier alpha value is -0.650. The van der Waals surface area contributed by atoms with Crippen LogP contribution in [0.2, 0.25) is 0 Å². The molecule has 1 aromatic heterocycles. The first-order chi connectivity index (χ1) is 9.60. The van der Waals surface area contributed by atoms with Crippen LogP contribution in [0.3, 0.4) is 0 Å². The Kier molecular flexibility index (Phi) is 7.63. The summed E-state index contributed by atoms with van der Waals surface area (Å²) in [6.45, 7) is 5.12. The third-order valence-electron chi connectivity index (χ3n) is 4.14. The summed E-state index contributed by atoms with van der Waals surface area (Å²) in [6, 6.07) is 0.309. The first kappa shape index (κ1) is 18.4. The maximum Gasteiger partial charge on any atom is 0.270 e. The van der Waals surface area contributed by atoms with Gasteiger partial charge in [-0.2, -0.15) is 0 Å². The first-order valence-corrected chi connectivity index (χ1v) is 8.43. The number of carbonyl (C=O) groups is 1. The minimum absolute atomic E-state index is 0. The van der Waals surface area contributed by atoms with Gasteiger partial charge in [-0.1, -0.05) is 26.7 Å². The SMILES string of the molecule is CC(C)C1CCCC(NC(=O)c2csc(CCN)n2)C1.Cl. The van der Waals surface area contributed by atoms with Gasteiger partial charge in [0.25, 0.3) is 5.91 Å². The standard InChI is InChI=1S/C15H25N3OS.ClH/c1-10(2)11-4-3-5-12(8-11)17-15(19)13-9-20-14(18-13)6-7-16;/h9-12H,3-8,16H2,1-2H3,(H,17,19);1H. The number of nitrogens with one attached hydrogen (secondary N) is 1. The second-order valence-electron chi connectivity index (χ2n) is 6.01. The van der Waals surface area contributed by atoms with E-state index in [1.54, 1.807) is 0 Å². The van der Waals surface area contributed by atoms with E-state index in [1.807, 2.05) is 5.38 Å². The summed E-state index contributed by atoms with van der Waals surface area (Å²) in [4.78, 5) is 16.6. The zero-order valence-electron chi connectivity index (χ0n) is 12.8. The molecule has 6 heteroatoms. The van der Waals surface area contributed by atoms with E-state index in [-0.39, 0.29) is 18.3 Å². The molecule has 0 saturated heterocycles. The van der Waals surface area contributed by atoms with Gasteiger partial charge in [-0.15, -0.1) is 23.7 Å². The van der Waals surface area contributed by atoms with Crippen molar-refractivity contribution in [2.24, 2.45) is 17.6 Å². The van der Waals surface area contributed by atoms with Crippen molar-refractivity contribution in [3.8, 4) is 0 Å². The number of rotatable bonds is 5. The molecule has 2 unspecified atom stereocenters. The third kappa shape index (κ3) is 5.24. The summed E-state index contributed by atoms with van der Waals surface area (Å²) in [5, 5.41) is 5.93. The third-order valence-corrected chi connectivity index (χ3v) is 5.04. The van der Waals surface area contributed by atoms with Gasteiger partial charge >= 0.3 is 0 Å². The first-order valence-electron chi connectivity index (χ1n) is 7.55. The molecule has 1 saturated carbocycles. The summed E-state index contributed by atoms with van der Waals surface area (Å²) in [5.74, 6) is 1.40. The van der Waals surface area contributed by atoms with E-state index in [4.69, 9.17) is 5.73 Å². The molecule has 1 aromatic rings. The predicted octanol–water partition coefficient (Wildman–Crippen LogP) is 3.01. The van der Waals surface area contributed by atoms with Crippen LogP contribution in [0.15, 0.2) is 5.38 Å². The van der Waals surface area contributed by atoms with Crippen LogP contribution in [0, 0.1) is 11.8 Å². The van der Waals surface area contributed by atoms with E-state index < -0.39 is 0 Å². The molecular formula is C15H26ClN3OS. The van der Waals surface area contributed by atoms with Gasteiger partial charge < -0.3 is 11.1 Å². The van der Waals surface area contributed by atoms with Gasteiger partial charge in [0.05, 0.1) is 5.01 Å². The zero-order chi connectivity index (χ0) is 14.5. The maximum absolute atomic E-state index is 12.2. The van der Waals surface area contributed by atoms with Crippen molar-refractivity contribution >= 4 is 29.7 Å². The van der Waals surface area contributed by atoms with Crippen LogP contribution in [0.4, 0.5) is 0 Å². The largest absolute Gasteiger partial charge is 0.348 e. The van der Waals surface area contributed by atoms with Crippen molar-refractivity contribution in [3.05, 3.63) is 16.1 Å². The van der Waals surface area contributed by atoms with E-state index in [1.165, 1.54) is 24.2 Å². The van der Waals surface area contributed by atoms with Gasteiger partial charge in [0.1, 0.15) is 5.69 Å². The van der Waals surface area contributed by atoms with Crippen LogP contribution in [0.25, 0.3) is 0 Å². The van der Waals surface area contributed by atoms with Crippen LogP contribution in [0.1, 0.15) is 55.0 Å². The lowest BCUT2D eigenvalue weighted by molar-refractivity contribution is 0.0908. The summed E-state index contributed by atoms with van der Waals surface area (Å²) in [5.41, 5.74) is 6.05. The van der Waals surface area contributed by atoms with Gasteiger partial charge in [-0.3, -0.25) is 4.79 Å². The molecule has 1 fully saturated rings. The lowest BCUT2D eigenvalue weighted by atomic mass is 9.79. The van der Waals surface area contributed by atoms with Crippen LogP contribution >= 0.6 is 23.7 Å². The van der Waals surface area contributed by atoms with Gasteiger partial charge in [-0.05, 0) is 31.2 Å². The van der Waals surface area contributed by atoms with Gasteiger partial charge in [-0.25, -0.2) is 4.98 Å². The Morgan fingerprint density at radius 2 is 2.29 bits per heavy atom. The predicted molar refractivity (Wildman–Crippen MR) is 90.2 cm³/mol. The lowest BCUT2D eigenvalue weighted by Crippen LogP contribution is -2.39. The van der Waals surface area contributed by atoms with Crippen LogP contribution in [0.5, 0.6) is 0 Å². The highest BCUT2D eigenvalue weighted by molar-refractivity contribution is 7.09. The molecule has 1 amide bonds. The van der Waals surface area contributed by atoms with Crippen molar-refractivity contribution in [1.82, 2.24) is 10.3 Å². The van der Waals surface area contributed by atoms with Crippen LogP contribution in [-0.4, -0.2) is 23.5 Å². The summed E-state index contributed by atoms with van der Waals surface area (Å²) in [7, 11) is 0. The molecule has 2 rings (SSSR count). The number of amides is 1.